The van der Waals surface area contributed by atoms with Crippen molar-refractivity contribution in [2.24, 2.45) is 7.05 Å². The molecule has 4 aromatic rings. The van der Waals surface area contributed by atoms with E-state index in [4.69, 9.17) is 4.98 Å². The fraction of sp³-hybridized carbons (Fsp3) is 0.360. The molecule has 5 rings (SSSR count). The first-order valence-corrected chi connectivity index (χ1v) is 11.7. The summed E-state index contributed by atoms with van der Waals surface area (Å²) in [6.07, 6.45) is 1.38. The maximum atomic E-state index is 12.9. The highest BCUT2D eigenvalue weighted by Gasteiger charge is 2.26. The maximum Gasteiger partial charge on any atom is 0.329 e. The first kappa shape index (κ1) is 21.9. The second-order valence-corrected chi connectivity index (χ2v) is 8.74. The zero-order valence-corrected chi connectivity index (χ0v) is 19.5. The van der Waals surface area contributed by atoms with Gasteiger partial charge in [-0.3, -0.25) is 23.7 Å². The molecule has 3 heterocycles. The van der Waals surface area contributed by atoms with Crippen LogP contribution in [-0.2, 0) is 18.4 Å². The SMILES string of the molecule is CCCC(=O)N1CCN(c2nc3c(c(=O)[nH]c(=O)n3C)n2Cc2cccc3ccccc23)CC1. The number of aromatic amines is 1. The first-order chi connectivity index (χ1) is 16.5. The average molecular weight is 461 g/mol. The fourth-order valence-electron chi connectivity index (χ4n) is 4.74. The van der Waals surface area contributed by atoms with Crippen LogP contribution in [0.2, 0.25) is 0 Å². The molecule has 2 aromatic heterocycles. The quantitative estimate of drug-likeness (QED) is 0.492. The largest absolute Gasteiger partial charge is 0.339 e. The number of carbonyl (C=O) groups excluding carboxylic acids is 1. The van der Waals surface area contributed by atoms with Crippen molar-refractivity contribution in [3.63, 3.8) is 0 Å². The summed E-state index contributed by atoms with van der Waals surface area (Å²) in [5, 5.41) is 2.23. The number of fused-ring (bicyclic) bond motifs is 2. The third-order valence-corrected chi connectivity index (χ3v) is 6.57. The van der Waals surface area contributed by atoms with Crippen molar-refractivity contribution in [2.45, 2.75) is 26.3 Å². The van der Waals surface area contributed by atoms with E-state index in [1.54, 1.807) is 7.05 Å². The number of aromatic nitrogens is 4. The molecule has 0 unspecified atom stereocenters. The van der Waals surface area contributed by atoms with E-state index in [0.717, 1.165) is 22.8 Å². The molecule has 1 aliphatic rings. The van der Waals surface area contributed by atoms with Gasteiger partial charge in [-0.25, -0.2) is 4.79 Å². The van der Waals surface area contributed by atoms with Gasteiger partial charge in [0, 0.05) is 39.6 Å². The van der Waals surface area contributed by atoms with E-state index < -0.39 is 11.2 Å². The minimum absolute atomic E-state index is 0.172. The molecule has 2 aromatic carbocycles. The van der Waals surface area contributed by atoms with Gasteiger partial charge in [-0.1, -0.05) is 49.4 Å². The second kappa shape index (κ2) is 8.81. The van der Waals surface area contributed by atoms with Crippen LogP contribution in [0.25, 0.3) is 21.9 Å². The second-order valence-electron chi connectivity index (χ2n) is 8.74. The van der Waals surface area contributed by atoms with E-state index in [2.05, 4.69) is 34.1 Å². The van der Waals surface area contributed by atoms with Gasteiger partial charge in [0.2, 0.25) is 11.9 Å². The van der Waals surface area contributed by atoms with E-state index in [1.165, 1.54) is 4.57 Å². The van der Waals surface area contributed by atoms with Gasteiger partial charge in [0.1, 0.15) is 0 Å². The highest BCUT2D eigenvalue weighted by atomic mass is 16.2. The number of anilines is 1. The maximum absolute atomic E-state index is 12.9. The zero-order valence-electron chi connectivity index (χ0n) is 19.5. The molecule has 1 fully saturated rings. The van der Waals surface area contributed by atoms with E-state index >= 15 is 0 Å². The van der Waals surface area contributed by atoms with Crippen molar-refractivity contribution in [1.82, 2.24) is 24.0 Å². The number of benzene rings is 2. The fourth-order valence-corrected chi connectivity index (χ4v) is 4.74. The Balaban J connectivity index is 1.60. The average Bonchev–Trinajstić information content (AvgIpc) is 3.23. The normalized spacial score (nSPS) is 14.3. The summed E-state index contributed by atoms with van der Waals surface area (Å²) in [5.41, 5.74) is 0.842. The lowest BCUT2D eigenvalue weighted by Crippen LogP contribution is -2.49. The van der Waals surface area contributed by atoms with Crippen LogP contribution in [0.1, 0.15) is 25.3 Å². The predicted molar refractivity (Wildman–Crippen MR) is 132 cm³/mol. The van der Waals surface area contributed by atoms with Gasteiger partial charge < -0.3 is 9.80 Å². The lowest BCUT2D eigenvalue weighted by atomic mass is 10.0. The van der Waals surface area contributed by atoms with Gasteiger partial charge in [0.05, 0.1) is 6.54 Å². The van der Waals surface area contributed by atoms with E-state index in [-0.39, 0.29) is 5.91 Å². The molecule has 1 N–H and O–H groups in total. The van der Waals surface area contributed by atoms with Gasteiger partial charge in [0.15, 0.2) is 11.2 Å². The Kier molecular flexibility index (Phi) is 5.69. The number of carbonyl (C=O) groups is 1. The third-order valence-electron chi connectivity index (χ3n) is 6.57. The molecule has 0 radical (unpaired) electrons. The number of H-pyrrole nitrogens is 1. The monoisotopic (exact) mass is 460 g/mol. The molecular weight excluding hydrogens is 432 g/mol. The Bertz CT molecular complexity index is 1490. The van der Waals surface area contributed by atoms with Crippen LogP contribution in [0, 0.1) is 0 Å². The Labute approximate surface area is 196 Å². The molecule has 0 atom stereocenters. The van der Waals surface area contributed by atoms with Gasteiger partial charge >= 0.3 is 5.69 Å². The van der Waals surface area contributed by atoms with E-state index in [0.29, 0.717) is 56.3 Å². The molecule has 1 saturated heterocycles. The van der Waals surface area contributed by atoms with Gasteiger partial charge in [-0.05, 0) is 22.8 Å². The van der Waals surface area contributed by atoms with Crippen LogP contribution in [-0.4, -0.2) is 56.1 Å². The standard InChI is InChI=1S/C25H28N6O3/c1-3-7-20(32)29-12-14-30(15-13-29)24-26-22-21(23(33)27-25(34)28(22)2)31(24)16-18-10-6-9-17-8-4-5-11-19(17)18/h4-6,8-11H,3,7,12-16H2,1-2H3,(H,27,33,34). The summed E-state index contributed by atoms with van der Waals surface area (Å²) < 4.78 is 3.28. The Hall–Kier alpha value is -3.88. The Morgan fingerprint density at radius 2 is 1.76 bits per heavy atom. The number of hydrogen-bond donors (Lipinski definition) is 1. The minimum atomic E-state index is -0.492. The predicted octanol–water partition coefficient (Wildman–Crippen LogP) is 2.07. The number of nitrogens with one attached hydrogen (secondary N) is 1. The van der Waals surface area contributed by atoms with Crippen LogP contribution in [0.15, 0.2) is 52.1 Å². The Morgan fingerprint density at radius 3 is 2.53 bits per heavy atom. The Morgan fingerprint density at radius 1 is 1.03 bits per heavy atom. The third kappa shape index (κ3) is 3.76. The summed E-state index contributed by atoms with van der Waals surface area (Å²) in [6.45, 7) is 4.87. The number of hydrogen-bond acceptors (Lipinski definition) is 5. The van der Waals surface area contributed by atoms with E-state index in [1.807, 2.05) is 34.6 Å². The van der Waals surface area contributed by atoms with Crippen molar-refractivity contribution >= 4 is 33.8 Å². The molecule has 0 saturated carbocycles. The smallest absolute Gasteiger partial charge is 0.329 e. The number of imidazole rings is 1. The highest BCUT2D eigenvalue weighted by Crippen LogP contribution is 2.25. The van der Waals surface area contributed by atoms with Crippen molar-refractivity contribution in [3.8, 4) is 0 Å². The van der Waals surface area contributed by atoms with Crippen molar-refractivity contribution in [1.29, 1.82) is 0 Å². The van der Waals surface area contributed by atoms with Crippen molar-refractivity contribution in [2.75, 3.05) is 31.1 Å². The summed E-state index contributed by atoms with van der Waals surface area (Å²) in [7, 11) is 1.61. The van der Waals surface area contributed by atoms with E-state index in [9.17, 15) is 14.4 Å². The molecule has 0 spiro atoms. The molecule has 0 aliphatic carbocycles. The molecule has 1 amide bonds. The van der Waals surface area contributed by atoms with Gasteiger partial charge in [-0.2, -0.15) is 4.98 Å². The van der Waals surface area contributed by atoms with Crippen LogP contribution < -0.4 is 16.1 Å². The number of amides is 1. The molecule has 34 heavy (non-hydrogen) atoms. The minimum Gasteiger partial charge on any atom is -0.339 e. The van der Waals surface area contributed by atoms with Crippen LogP contribution in [0.5, 0.6) is 0 Å². The molecule has 9 heteroatoms. The molecule has 176 valence electrons. The lowest BCUT2D eigenvalue weighted by molar-refractivity contribution is -0.131. The summed E-state index contributed by atoms with van der Waals surface area (Å²) in [4.78, 5) is 48.7. The van der Waals surface area contributed by atoms with Gasteiger partial charge in [0.25, 0.3) is 5.56 Å². The number of nitrogens with zero attached hydrogens (tertiary/aromatic N) is 5. The first-order valence-electron chi connectivity index (χ1n) is 11.7. The topological polar surface area (TPSA) is 96.2 Å². The highest BCUT2D eigenvalue weighted by molar-refractivity contribution is 5.86. The van der Waals surface area contributed by atoms with Crippen LogP contribution >= 0.6 is 0 Å². The van der Waals surface area contributed by atoms with Crippen molar-refractivity contribution in [3.05, 3.63) is 68.9 Å². The molecule has 9 nitrogen and oxygen atoms in total. The lowest BCUT2D eigenvalue weighted by Gasteiger charge is -2.35. The zero-order chi connectivity index (χ0) is 23.8. The summed E-state index contributed by atoms with van der Waals surface area (Å²) >= 11 is 0. The summed E-state index contributed by atoms with van der Waals surface area (Å²) in [5.74, 6) is 0.808. The van der Waals surface area contributed by atoms with Crippen molar-refractivity contribution < 1.29 is 4.79 Å². The van der Waals surface area contributed by atoms with Gasteiger partial charge in [-0.15, -0.1) is 0 Å². The molecular formula is C25H28N6O3. The molecule has 0 bridgehead atoms. The van der Waals surface area contributed by atoms with Crippen LogP contribution in [0.4, 0.5) is 5.95 Å². The number of aryl methyl sites for hydroxylation is 1. The summed E-state index contributed by atoms with van der Waals surface area (Å²) in [6, 6.07) is 14.3. The molecule has 1 aliphatic heterocycles. The number of piperazine rings is 1. The van der Waals surface area contributed by atoms with Crippen LogP contribution in [0.3, 0.4) is 0 Å². The number of rotatable bonds is 5.